The standard InChI is InChI=1S/C22H19F2NO4S/c1-15-6-9-18(10-7-15)30(28,29)25(14-22(26)27)13-16-4-2-3-5-19(16)20-11-8-17(23)12-21(20)24/h2-12H,13-14H2,1H3,(H,26,27). The Balaban J connectivity index is 2.04. The molecule has 0 saturated heterocycles. The number of halogens is 2. The Labute approximate surface area is 173 Å². The Morgan fingerprint density at radius 3 is 2.27 bits per heavy atom. The lowest BCUT2D eigenvalue weighted by Gasteiger charge is -2.22. The van der Waals surface area contributed by atoms with Gasteiger partial charge in [-0.3, -0.25) is 4.79 Å². The maximum Gasteiger partial charge on any atom is 0.318 e. The monoisotopic (exact) mass is 431 g/mol. The third-order valence-corrected chi connectivity index (χ3v) is 6.36. The highest BCUT2D eigenvalue weighted by molar-refractivity contribution is 7.89. The summed E-state index contributed by atoms with van der Waals surface area (Å²) in [5.41, 5.74) is 1.69. The largest absolute Gasteiger partial charge is 0.480 e. The minimum Gasteiger partial charge on any atom is -0.480 e. The maximum atomic E-state index is 14.3. The molecule has 0 aliphatic carbocycles. The summed E-state index contributed by atoms with van der Waals surface area (Å²) in [6.45, 7) is 0.741. The van der Waals surface area contributed by atoms with E-state index < -0.39 is 34.2 Å². The number of hydrogen-bond acceptors (Lipinski definition) is 3. The highest BCUT2D eigenvalue weighted by Crippen LogP contribution is 2.29. The first-order valence-electron chi connectivity index (χ1n) is 9.00. The smallest absolute Gasteiger partial charge is 0.318 e. The first kappa shape index (κ1) is 21.6. The SMILES string of the molecule is Cc1ccc(S(=O)(=O)N(CC(=O)O)Cc2ccccc2-c2ccc(F)cc2F)cc1. The van der Waals surface area contributed by atoms with Crippen molar-refractivity contribution in [3.63, 3.8) is 0 Å². The quantitative estimate of drug-likeness (QED) is 0.608. The lowest BCUT2D eigenvalue weighted by Crippen LogP contribution is -2.35. The van der Waals surface area contributed by atoms with Crippen LogP contribution in [-0.4, -0.2) is 30.3 Å². The van der Waals surface area contributed by atoms with Crippen LogP contribution in [0.25, 0.3) is 11.1 Å². The summed E-state index contributed by atoms with van der Waals surface area (Å²) in [7, 11) is -4.13. The van der Waals surface area contributed by atoms with E-state index in [1.165, 1.54) is 18.2 Å². The molecule has 0 aliphatic rings. The summed E-state index contributed by atoms with van der Waals surface area (Å²) in [4.78, 5) is 11.3. The number of carboxylic acids is 1. The van der Waals surface area contributed by atoms with Crippen LogP contribution in [0.5, 0.6) is 0 Å². The van der Waals surface area contributed by atoms with E-state index in [1.807, 2.05) is 0 Å². The molecule has 5 nitrogen and oxygen atoms in total. The molecular weight excluding hydrogens is 412 g/mol. The molecule has 0 aromatic heterocycles. The molecule has 30 heavy (non-hydrogen) atoms. The molecule has 0 spiro atoms. The first-order chi connectivity index (χ1) is 14.2. The topological polar surface area (TPSA) is 74.7 Å². The van der Waals surface area contributed by atoms with Crippen LogP contribution in [-0.2, 0) is 21.4 Å². The molecule has 8 heteroatoms. The third-order valence-electron chi connectivity index (χ3n) is 4.56. The Morgan fingerprint density at radius 1 is 0.967 bits per heavy atom. The van der Waals surface area contributed by atoms with Gasteiger partial charge < -0.3 is 5.11 Å². The second-order valence-corrected chi connectivity index (χ2v) is 8.70. The number of nitrogens with zero attached hydrogens (tertiary/aromatic N) is 1. The van der Waals surface area contributed by atoms with E-state index >= 15 is 0 Å². The molecule has 3 aromatic carbocycles. The highest BCUT2D eigenvalue weighted by atomic mass is 32.2. The fraction of sp³-hybridized carbons (Fsp3) is 0.136. The fourth-order valence-electron chi connectivity index (χ4n) is 3.05. The number of aryl methyl sites for hydroxylation is 1. The van der Waals surface area contributed by atoms with Crippen LogP contribution >= 0.6 is 0 Å². The van der Waals surface area contributed by atoms with Gasteiger partial charge in [0.05, 0.1) is 4.90 Å². The van der Waals surface area contributed by atoms with Gasteiger partial charge in [-0.25, -0.2) is 17.2 Å². The molecule has 0 atom stereocenters. The second-order valence-electron chi connectivity index (χ2n) is 6.76. The van der Waals surface area contributed by atoms with E-state index in [0.717, 1.165) is 22.0 Å². The molecule has 0 radical (unpaired) electrons. The van der Waals surface area contributed by atoms with E-state index in [2.05, 4.69) is 0 Å². The molecule has 156 valence electrons. The van der Waals surface area contributed by atoms with Crippen LogP contribution in [0.4, 0.5) is 8.78 Å². The Kier molecular flexibility index (Phi) is 6.28. The molecule has 0 fully saturated rings. The zero-order chi connectivity index (χ0) is 21.9. The summed E-state index contributed by atoms with van der Waals surface area (Å²) >= 11 is 0. The normalized spacial score (nSPS) is 11.6. The summed E-state index contributed by atoms with van der Waals surface area (Å²) in [6.07, 6.45) is 0. The van der Waals surface area contributed by atoms with Gasteiger partial charge in [0.25, 0.3) is 0 Å². The number of aliphatic carboxylic acids is 1. The molecule has 0 heterocycles. The number of hydrogen-bond donors (Lipinski definition) is 1. The second kappa shape index (κ2) is 8.73. The van der Waals surface area contributed by atoms with Crippen molar-refractivity contribution in [3.05, 3.63) is 89.5 Å². The molecule has 0 saturated carbocycles. The molecule has 3 rings (SSSR count). The van der Waals surface area contributed by atoms with Gasteiger partial charge >= 0.3 is 5.97 Å². The Morgan fingerprint density at radius 2 is 1.63 bits per heavy atom. The molecular formula is C22H19F2NO4S. The zero-order valence-corrected chi connectivity index (χ0v) is 16.9. The number of carboxylic acid groups (broad SMARTS) is 1. The van der Waals surface area contributed by atoms with Crippen molar-refractivity contribution in [3.8, 4) is 11.1 Å². The maximum absolute atomic E-state index is 14.3. The number of rotatable bonds is 7. The van der Waals surface area contributed by atoms with Crippen molar-refractivity contribution in [1.29, 1.82) is 0 Å². The van der Waals surface area contributed by atoms with Crippen LogP contribution < -0.4 is 0 Å². The summed E-state index contributed by atoms with van der Waals surface area (Å²) in [5.74, 6) is -2.85. The average Bonchev–Trinajstić information content (AvgIpc) is 2.68. The van der Waals surface area contributed by atoms with Crippen LogP contribution in [0.2, 0.25) is 0 Å². The summed E-state index contributed by atoms with van der Waals surface area (Å²) in [6, 6.07) is 15.6. The van der Waals surface area contributed by atoms with Crippen LogP contribution in [0.3, 0.4) is 0 Å². The molecule has 0 unspecified atom stereocenters. The molecule has 0 amide bonds. The van der Waals surface area contributed by atoms with Gasteiger partial charge in [0, 0.05) is 18.2 Å². The highest BCUT2D eigenvalue weighted by Gasteiger charge is 2.27. The van der Waals surface area contributed by atoms with Crippen molar-refractivity contribution in [2.24, 2.45) is 0 Å². The van der Waals surface area contributed by atoms with Crippen molar-refractivity contribution in [2.45, 2.75) is 18.4 Å². The number of carbonyl (C=O) groups is 1. The minimum absolute atomic E-state index is 0.0419. The van der Waals surface area contributed by atoms with Crippen molar-refractivity contribution >= 4 is 16.0 Å². The molecule has 0 bridgehead atoms. The summed E-state index contributed by atoms with van der Waals surface area (Å²) < 4.78 is 54.6. The van der Waals surface area contributed by atoms with Gasteiger partial charge in [-0.05, 0) is 42.3 Å². The van der Waals surface area contributed by atoms with Crippen molar-refractivity contribution in [2.75, 3.05) is 6.54 Å². The van der Waals surface area contributed by atoms with Gasteiger partial charge in [-0.2, -0.15) is 4.31 Å². The van der Waals surface area contributed by atoms with Crippen LogP contribution in [0.15, 0.2) is 71.6 Å². The van der Waals surface area contributed by atoms with E-state index in [0.29, 0.717) is 11.1 Å². The van der Waals surface area contributed by atoms with Gasteiger partial charge in [-0.1, -0.05) is 42.0 Å². The molecule has 1 N–H and O–H groups in total. The van der Waals surface area contributed by atoms with E-state index in [9.17, 15) is 27.1 Å². The Hall–Kier alpha value is -3.10. The first-order valence-corrected chi connectivity index (χ1v) is 10.4. The number of sulfonamides is 1. The van der Waals surface area contributed by atoms with Gasteiger partial charge in [0.15, 0.2) is 0 Å². The lowest BCUT2D eigenvalue weighted by molar-refractivity contribution is -0.137. The Bertz CT molecular complexity index is 1180. The van der Waals surface area contributed by atoms with Crippen molar-refractivity contribution < 1.29 is 27.1 Å². The van der Waals surface area contributed by atoms with E-state index in [-0.39, 0.29) is 17.0 Å². The predicted molar refractivity (Wildman–Crippen MR) is 108 cm³/mol. The number of benzene rings is 3. The van der Waals surface area contributed by atoms with E-state index in [4.69, 9.17) is 0 Å². The van der Waals surface area contributed by atoms with Gasteiger partial charge in [0.2, 0.25) is 10.0 Å². The molecule has 0 aliphatic heterocycles. The van der Waals surface area contributed by atoms with Crippen LogP contribution in [0.1, 0.15) is 11.1 Å². The third kappa shape index (κ3) is 4.72. The lowest BCUT2D eigenvalue weighted by atomic mass is 9.99. The summed E-state index contributed by atoms with van der Waals surface area (Å²) in [5, 5.41) is 9.27. The van der Waals surface area contributed by atoms with E-state index in [1.54, 1.807) is 43.3 Å². The zero-order valence-electron chi connectivity index (χ0n) is 16.0. The molecule has 3 aromatic rings. The van der Waals surface area contributed by atoms with Gasteiger partial charge in [-0.15, -0.1) is 0 Å². The fourth-order valence-corrected chi connectivity index (χ4v) is 4.42. The van der Waals surface area contributed by atoms with Crippen LogP contribution in [0, 0.1) is 18.6 Å². The van der Waals surface area contributed by atoms with Gasteiger partial charge in [0.1, 0.15) is 18.2 Å². The predicted octanol–water partition coefficient (Wildman–Crippen LogP) is 4.22. The average molecular weight is 431 g/mol. The minimum atomic E-state index is -4.13. The van der Waals surface area contributed by atoms with Crippen molar-refractivity contribution in [1.82, 2.24) is 4.31 Å².